The van der Waals surface area contributed by atoms with Crippen LogP contribution in [0, 0.1) is 0 Å². The van der Waals surface area contributed by atoms with E-state index in [9.17, 15) is 4.79 Å². The van der Waals surface area contributed by atoms with E-state index < -0.39 is 0 Å². The van der Waals surface area contributed by atoms with Gasteiger partial charge in [0.1, 0.15) is 11.4 Å². The van der Waals surface area contributed by atoms with E-state index >= 15 is 0 Å². The van der Waals surface area contributed by atoms with E-state index in [-0.39, 0.29) is 17.6 Å². The molecule has 1 aromatic heterocycles. The van der Waals surface area contributed by atoms with Gasteiger partial charge in [-0.25, -0.2) is 0 Å². The van der Waals surface area contributed by atoms with Crippen molar-refractivity contribution < 1.29 is 9.53 Å². The number of carbonyl (C=O) groups is 1. The number of nitrogens with two attached hydrogens (primary N) is 1. The first kappa shape index (κ1) is 16.1. The fourth-order valence-corrected chi connectivity index (χ4v) is 3.70. The van der Waals surface area contributed by atoms with E-state index in [2.05, 4.69) is 15.6 Å². The number of hydrogen-bond donors (Lipinski definition) is 3. The zero-order chi connectivity index (χ0) is 17.3. The van der Waals surface area contributed by atoms with Crippen LogP contribution in [0.3, 0.4) is 0 Å². The first-order valence-electron chi connectivity index (χ1n) is 8.64. The highest BCUT2D eigenvalue weighted by molar-refractivity contribution is 5.94. The summed E-state index contributed by atoms with van der Waals surface area (Å²) in [6.45, 7) is 2.06. The number of amides is 1. The zero-order valence-corrected chi connectivity index (χ0v) is 14.0. The molecule has 4 rings (SSSR count). The van der Waals surface area contributed by atoms with E-state index in [1.807, 2.05) is 24.3 Å². The molecule has 1 saturated heterocycles. The lowest BCUT2D eigenvalue weighted by Gasteiger charge is -2.39. The van der Waals surface area contributed by atoms with Gasteiger partial charge in [0.25, 0.3) is 5.91 Å². The minimum absolute atomic E-state index is 0.0770. The molecule has 1 aromatic carbocycles. The Morgan fingerprint density at radius 1 is 1.40 bits per heavy atom. The average molecular weight is 338 g/mol. The monoisotopic (exact) mass is 338 g/mol. The summed E-state index contributed by atoms with van der Waals surface area (Å²) in [5.41, 5.74) is 7.70. The quantitative estimate of drug-likeness (QED) is 0.790. The van der Waals surface area contributed by atoms with Crippen LogP contribution in [0.1, 0.15) is 40.5 Å². The summed E-state index contributed by atoms with van der Waals surface area (Å²) in [5.74, 6) is 0.750. The van der Waals surface area contributed by atoms with Gasteiger partial charge in [-0.3, -0.25) is 9.78 Å². The van der Waals surface area contributed by atoms with Gasteiger partial charge in [0.15, 0.2) is 0 Å². The first-order chi connectivity index (χ1) is 12.2. The van der Waals surface area contributed by atoms with Gasteiger partial charge in [0, 0.05) is 43.3 Å². The van der Waals surface area contributed by atoms with Crippen LogP contribution < -0.4 is 21.1 Å². The number of carbonyl (C=O) groups excluding carboxylic acids is 1. The van der Waals surface area contributed by atoms with E-state index in [0.717, 1.165) is 37.2 Å². The maximum atomic E-state index is 12.8. The number of fused-ring (bicyclic) bond motifs is 1. The second-order valence-electron chi connectivity index (χ2n) is 6.72. The minimum atomic E-state index is -0.243. The van der Waals surface area contributed by atoms with E-state index in [4.69, 9.17) is 10.5 Å². The predicted molar refractivity (Wildman–Crippen MR) is 94.2 cm³/mol. The van der Waals surface area contributed by atoms with Gasteiger partial charge in [-0.1, -0.05) is 18.2 Å². The molecule has 0 bridgehead atoms. The fourth-order valence-electron chi connectivity index (χ4n) is 3.70. The van der Waals surface area contributed by atoms with Crippen LogP contribution in [0.4, 0.5) is 0 Å². The summed E-state index contributed by atoms with van der Waals surface area (Å²) < 4.78 is 6.29. The molecule has 3 heterocycles. The molecule has 130 valence electrons. The molecule has 2 atom stereocenters. The average Bonchev–Trinajstić information content (AvgIpc) is 3.09. The van der Waals surface area contributed by atoms with Crippen molar-refractivity contribution in [3.8, 4) is 5.75 Å². The molecule has 6 heteroatoms. The molecule has 1 amide bonds. The Hall–Kier alpha value is -2.44. The lowest BCUT2D eigenvalue weighted by Crippen LogP contribution is -2.46. The maximum absolute atomic E-state index is 12.8. The first-order valence-corrected chi connectivity index (χ1v) is 8.64. The number of pyridine rings is 1. The van der Waals surface area contributed by atoms with Gasteiger partial charge in [-0.15, -0.1) is 0 Å². The summed E-state index contributed by atoms with van der Waals surface area (Å²) >= 11 is 0. The summed E-state index contributed by atoms with van der Waals surface area (Å²) in [6.07, 6.45) is 3.33. The van der Waals surface area contributed by atoms with E-state index in [1.54, 1.807) is 18.3 Å². The van der Waals surface area contributed by atoms with Crippen LogP contribution in [0.5, 0.6) is 5.75 Å². The topological polar surface area (TPSA) is 89.3 Å². The molecule has 0 aliphatic carbocycles. The minimum Gasteiger partial charge on any atom is -0.485 e. The highest BCUT2D eigenvalue weighted by Crippen LogP contribution is 2.42. The van der Waals surface area contributed by atoms with Gasteiger partial charge in [-0.05, 0) is 24.7 Å². The lowest BCUT2D eigenvalue weighted by molar-refractivity contribution is 0.0474. The van der Waals surface area contributed by atoms with Crippen molar-refractivity contribution in [2.45, 2.75) is 31.0 Å². The number of aromatic nitrogens is 1. The van der Waals surface area contributed by atoms with Crippen molar-refractivity contribution in [3.05, 3.63) is 59.4 Å². The number of para-hydroxylation sites is 1. The summed E-state index contributed by atoms with van der Waals surface area (Å²) in [4.78, 5) is 16.9. The molecular weight excluding hydrogens is 316 g/mol. The van der Waals surface area contributed by atoms with Crippen molar-refractivity contribution in [3.63, 3.8) is 0 Å². The highest BCUT2D eigenvalue weighted by Gasteiger charge is 2.43. The van der Waals surface area contributed by atoms with Gasteiger partial charge in [0.05, 0.1) is 11.7 Å². The molecule has 0 radical (unpaired) electrons. The highest BCUT2D eigenvalue weighted by atomic mass is 16.5. The molecule has 2 unspecified atom stereocenters. The van der Waals surface area contributed by atoms with Gasteiger partial charge < -0.3 is 21.1 Å². The summed E-state index contributed by atoms with van der Waals surface area (Å²) in [6, 6.07) is 11.3. The summed E-state index contributed by atoms with van der Waals surface area (Å²) in [5, 5.41) is 6.55. The van der Waals surface area contributed by atoms with Crippen LogP contribution in [0.25, 0.3) is 0 Å². The molecule has 1 spiro atoms. The van der Waals surface area contributed by atoms with E-state index in [0.29, 0.717) is 17.8 Å². The van der Waals surface area contributed by atoms with E-state index in [1.165, 1.54) is 0 Å². The second kappa shape index (κ2) is 6.46. The summed E-state index contributed by atoms with van der Waals surface area (Å²) in [7, 11) is 0. The Bertz CT molecular complexity index is 786. The third kappa shape index (κ3) is 3.10. The molecule has 2 aliphatic rings. The number of hydrogen-bond acceptors (Lipinski definition) is 5. The van der Waals surface area contributed by atoms with Crippen molar-refractivity contribution in [1.82, 2.24) is 15.6 Å². The third-order valence-corrected chi connectivity index (χ3v) is 4.99. The number of ether oxygens (including phenoxy) is 1. The van der Waals surface area contributed by atoms with Crippen molar-refractivity contribution >= 4 is 5.91 Å². The molecule has 2 aliphatic heterocycles. The normalized spacial score (nSPS) is 24.6. The predicted octanol–water partition coefficient (Wildman–Crippen LogP) is 1.53. The molecule has 4 N–H and O–H groups in total. The van der Waals surface area contributed by atoms with Crippen LogP contribution in [-0.2, 0) is 6.54 Å². The molecule has 6 nitrogen and oxygen atoms in total. The van der Waals surface area contributed by atoms with Crippen molar-refractivity contribution in [2.75, 3.05) is 13.1 Å². The Morgan fingerprint density at radius 2 is 2.28 bits per heavy atom. The number of nitrogens with zero attached hydrogens (tertiary/aromatic N) is 1. The zero-order valence-electron chi connectivity index (χ0n) is 14.0. The fraction of sp³-hybridized carbons (Fsp3) is 0.368. The van der Waals surface area contributed by atoms with Gasteiger partial charge in [-0.2, -0.15) is 0 Å². The van der Waals surface area contributed by atoms with Crippen molar-refractivity contribution in [1.29, 1.82) is 0 Å². The number of rotatable bonds is 3. The molecule has 2 aromatic rings. The van der Waals surface area contributed by atoms with Crippen LogP contribution >= 0.6 is 0 Å². The smallest absolute Gasteiger partial charge is 0.251 e. The number of nitrogens with one attached hydrogen (secondary N) is 2. The van der Waals surface area contributed by atoms with Gasteiger partial charge >= 0.3 is 0 Å². The van der Waals surface area contributed by atoms with Crippen LogP contribution in [0.15, 0.2) is 42.6 Å². The Morgan fingerprint density at radius 3 is 3.08 bits per heavy atom. The lowest BCUT2D eigenvalue weighted by atomic mass is 9.86. The van der Waals surface area contributed by atoms with Gasteiger partial charge in [0.2, 0.25) is 0 Å². The Balaban J connectivity index is 1.61. The molecule has 0 saturated carbocycles. The molecule has 1 fully saturated rings. The Kier molecular flexibility index (Phi) is 4.15. The Labute approximate surface area is 146 Å². The second-order valence-corrected chi connectivity index (χ2v) is 6.72. The number of benzene rings is 1. The molecule has 25 heavy (non-hydrogen) atoms. The van der Waals surface area contributed by atoms with Crippen LogP contribution in [-0.4, -0.2) is 29.6 Å². The largest absolute Gasteiger partial charge is 0.485 e. The maximum Gasteiger partial charge on any atom is 0.251 e. The third-order valence-electron chi connectivity index (χ3n) is 4.99. The SMILES string of the molecule is NCc1cc(C(=O)NC2CC3(CCNC3)Oc3ccccc32)ccn1. The van der Waals surface area contributed by atoms with Crippen LogP contribution in [0.2, 0.25) is 0 Å². The standard InChI is InChI=1S/C19H22N4O2/c20-11-14-9-13(5-7-22-14)18(24)23-16-10-19(6-8-21-12-19)25-17-4-2-1-3-15(16)17/h1-5,7,9,16,21H,6,8,10-12,20H2,(H,23,24). The molecular formula is C19H22N4O2. The van der Waals surface area contributed by atoms with Crippen molar-refractivity contribution in [2.24, 2.45) is 5.73 Å².